The zero-order valence-corrected chi connectivity index (χ0v) is 13.5. The Morgan fingerprint density at radius 3 is 2.83 bits per heavy atom. The summed E-state index contributed by atoms with van der Waals surface area (Å²) in [6, 6.07) is 3.94. The average molecular weight is 312 g/mol. The van der Waals surface area contributed by atoms with E-state index >= 15 is 0 Å². The summed E-state index contributed by atoms with van der Waals surface area (Å²) in [5.74, 6) is 0.285. The van der Waals surface area contributed by atoms with Gasteiger partial charge >= 0.3 is 0 Å². The lowest BCUT2D eigenvalue weighted by atomic mass is 10.1. The molecular weight excluding hydrogens is 292 g/mol. The van der Waals surface area contributed by atoms with E-state index in [1.807, 2.05) is 17.7 Å². The minimum absolute atomic E-state index is 0.203. The van der Waals surface area contributed by atoms with Crippen molar-refractivity contribution in [1.82, 2.24) is 25.0 Å². The van der Waals surface area contributed by atoms with Gasteiger partial charge in [0, 0.05) is 11.1 Å². The number of rotatable bonds is 5. The molecular formula is C16H20N6O. The SMILES string of the molecule is CCC(CC)n1ncc(C(=O)Nc2ccc3cn[nH]c3n2)c1C. The maximum Gasteiger partial charge on any atom is 0.260 e. The molecule has 3 heterocycles. The fraction of sp³-hybridized carbons (Fsp3) is 0.375. The van der Waals surface area contributed by atoms with Gasteiger partial charge in [-0.15, -0.1) is 0 Å². The van der Waals surface area contributed by atoms with Crippen LogP contribution in [0, 0.1) is 6.92 Å². The van der Waals surface area contributed by atoms with Crippen LogP contribution < -0.4 is 5.32 Å². The van der Waals surface area contributed by atoms with Gasteiger partial charge in [-0.1, -0.05) is 13.8 Å². The van der Waals surface area contributed by atoms with Crippen LogP contribution >= 0.6 is 0 Å². The van der Waals surface area contributed by atoms with E-state index in [9.17, 15) is 4.79 Å². The number of carbonyl (C=O) groups is 1. The van der Waals surface area contributed by atoms with Crippen LogP contribution in [0.3, 0.4) is 0 Å². The summed E-state index contributed by atoms with van der Waals surface area (Å²) >= 11 is 0. The number of anilines is 1. The van der Waals surface area contributed by atoms with Crippen molar-refractivity contribution < 1.29 is 4.79 Å². The van der Waals surface area contributed by atoms with E-state index in [0.717, 1.165) is 23.9 Å². The predicted molar refractivity (Wildman–Crippen MR) is 88.4 cm³/mol. The summed E-state index contributed by atoms with van der Waals surface area (Å²) in [4.78, 5) is 16.8. The molecule has 0 aromatic carbocycles. The van der Waals surface area contributed by atoms with Crippen LogP contribution in [0.15, 0.2) is 24.5 Å². The van der Waals surface area contributed by atoms with Crippen molar-refractivity contribution in [3.05, 3.63) is 35.8 Å². The first-order chi connectivity index (χ1) is 11.1. The molecule has 0 radical (unpaired) electrons. The zero-order chi connectivity index (χ0) is 16.4. The number of fused-ring (bicyclic) bond motifs is 1. The van der Waals surface area contributed by atoms with E-state index in [1.54, 1.807) is 18.5 Å². The normalized spacial score (nSPS) is 11.3. The van der Waals surface area contributed by atoms with Gasteiger partial charge in [0.2, 0.25) is 0 Å². The molecule has 0 aliphatic carbocycles. The minimum Gasteiger partial charge on any atom is -0.306 e. The molecule has 0 fully saturated rings. The van der Waals surface area contributed by atoms with Gasteiger partial charge in [0.05, 0.1) is 24.0 Å². The Bertz CT molecular complexity index is 830. The number of H-pyrrole nitrogens is 1. The number of hydrogen-bond acceptors (Lipinski definition) is 4. The highest BCUT2D eigenvalue weighted by atomic mass is 16.1. The average Bonchev–Trinajstić information content (AvgIpc) is 3.15. The molecule has 0 aliphatic rings. The molecule has 3 rings (SSSR count). The van der Waals surface area contributed by atoms with E-state index in [1.165, 1.54) is 0 Å². The molecule has 23 heavy (non-hydrogen) atoms. The van der Waals surface area contributed by atoms with Crippen molar-refractivity contribution in [2.24, 2.45) is 0 Å². The maximum atomic E-state index is 12.5. The third kappa shape index (κ3) is 2.81. The predicted octanol–water partition coefficient (Wildman–Crippen LogP) is 3.08. The van der Waals surface area contributed by atoms with Gasteiger partial charge in [0.1, 0.15) is 5.82 Å². The molecule has 0 saturated heterocycles. The van der Waals surface area contributed by atoms with Crippen molar-refractivity contribution >= 4 is 22.8 Å². The highest BCUT2D eigenvalue weighted by Gasteiger charge is 2.18. The minimum atomic E-state index is -0.203. The Morgan fingerprint density at radius 1 is 1.30 bits per heavy atom. The summed E-state index contributed by atoms with van der Waals surface area (Å²) in [7, 11) is 0. The Morgan fingerprint density at radius 2 is 2.09 bits per heavy atom. The first-order valence-corrected chi connectivity index (χ1v) is 7.79. The molecule has 3 aromatic rings. The summed E-state index contributed by atoms with van der Waals surface area (Å²) in [5, 5.41) is 14.8. The largest absolute Gasteiger partial charge is 0.306 e. The number of nitrogens with zero attached hydrogens (tertiary/aromatic N) is 4. The van der Waals surface area contributed by atoms with E-state index in [-0.39, 0.29) is 5.91 Å². The number of amides is 1. The second-order valence-corrected chi connectivity index (χ2v) is 5.52. The van der Waals surface area contributed by atoms with Crippen molar-refractivity contribution in [1.29, 1.82) is 0 Å². The second-order valence-electron chi connectivity index (χ2n) is 5.52. The molecule has 7 nitrogen and oxygen atoms in total. The second kappa shape index (κ2) is 6.20. The molecule has 0 saturated carbocycles. The Hall–Kier alpha value is -2.70. The maximum absolute atomic E-state index is 12.5. The molecule has 1 amide bonds. The van der Waals surface area contributed by atoms with Crippen LogP contribution in [0.25, 0.3) is 11.0 Å². The van der Waals surface area contributed by atoms with Crippen LogP contribution in [-0.4, -0.2) is 30.9 Å². The highest BCUT2D eigenvalue weighted by Crippen LogP contribution is 2.20. The number of hydrogen-bond donors (Lipinski definition) is 2. The third-order valence-corrected chi connectivity index (χ3v) is 4.12. The molecule has 120 valence electrons. The molecule has 0 spiro atoms. The van der Waals surface area contributed by atoms with Crippen LogP contribution in [-0.2, 0) is 0 Å². The number of nitrogens with one attached hydrogen (secondary N) is 2. The number of carbonyl (C=O) groups excluding carboxylic acids is 1. The van der Waals surface area contributed by atoms with Crippen molar-refractivity contribution in [3.63, 3.8) is 0 Å². The van der Waals surface area contributed by atoms with Gasteiger partial charge in [0.25, 0.3) is 5.91 Å². The lowest BCUT2D eigenvalue weighted by molar-refractivity contribution is 0.102. The summed E-state index contributed by atoms with van der Waals surface area (Å²) in [5.41, 5.74) is 2.09. The molecule has 7 heteroatoms. The number of aromatic amines is 1. The van der Waals surface area contributed by atoms with E-state index in [2.05, 4.69) is 39.4 Å². The van der Waals surface area contributed by atoms with Crippen LogP contribution in [0.5, 0.6) is 0 Å². The van der Waals surface area contributed by atoms with Crippen LogP contribution in [0.2, 0.25) is 0 Å². The van der Waals surface area contributed by atoms with Gasteiger partial charge in [-0.25, -0.2) is 4.98 Å². The van der Waals surface area contributed by atoms with Crippen molar-refractivity contribution in [3.8, 4) is 0 Å². The lowest BCUT2D eigenvalue weighted by Crippen LogP contribution is -2.15. The van der Waals surface area contributed by atoms with Gasteiger partial charge in [-0.3, -0.25) is 14.6 Å². The van der Waals surface area contributed by atoms with E-state index < -0.39 is 0 Å². The van der Waals surface area contributed by atoms with Gasteiger partial charge in [0.15, 0.2) is 5.65 Å². The molecule has 3 aromatic heterocycles. The first kappa shape index (κ1) is 15.2. The molecule has 0 atom stereocenters. The number of aromatic nitrogens is 5. The van der Waals surface area contributed by atoms with Crippen LogP contribution in [0.4, 0.5) is 5.82 Å². The van der Waals surface area contributed by atoms with Gasteiger partial charge in [-0.2, -0.15) is 10.2 Å². The fourth-order valence-electron chi connectivity index (χ4n) is 2.73. The van der Waals surface area contributed by atoms with Crippen LogP contribution in [0.1, 0.15) is 48.8 Å². The molecule has 0 unspecified atom stereocenters. The van der Waals surface area contributed by atoms with E-state index in [0.29, 0.717) is 23.1 Å². The van der Waals surface area contributed by atoms with Crippen molar-refractivity contribution in [2.45, 2.75) is 39.7 Å². The summed E-state index contributed by atoms with van der Waals surface area (Å²) in [6.45, 7) is 6.17. The Labute approximate surface area is 134 Å². The molecule has 2 N–H and O–H groups in total. The smallest absolute Gasteiger partial charge is 0.260 e. The molecule has 0 bridgehead atoms. The number of pyridine rings is 1. The van der Waals surface area contributed by atoms with E-state index in [4.69, 9.17) is 0 Å². The van der Waals surface area contributed by atoms with Gasteiger partial charge < -0.3 is 5.32 Å². The zero-order valence-electron chi connectivity index (χ0n) is 13.5. The monoisotopic (exact) mass is 312 g/mol. The third-order valence-electron chi connectivity index (χ3n) is 4.12. The first-order valence-electron chi connectivity index (χ1n) is 7.79. The Kier molecular flexibility index (Phi) is 4.10. The standard InChI is InChI=1S/C16H20N6O/c1-4-12(5-2)22-10(3)13(9-18-22)16(23)20-14-7-6-11-8-17-21-15(11)19-14/h6-9,12H,4-5H2,1-3H3,(H2,17,19,20,21,23). The molecule has 0 aliphatic heterocycles. The summed E-state index contributed by atoms with van der Waals surface area (Å²) < 4.78 is 1.93. The quantitative estimate of drug-likeness (QED) is 0.757. The van der Waals surface area contributed by atoms with Gasteiger partial charge in [-0.05, 0) is 31.9 Å². The Balaban J connectivity index is 1.83. The highest BCUT2D eigenvalue weighted by molar-refractivity contribution is 6.04. The lowest BCUT2D eigenvalue weighted by Gasteiger charge is -2.15. The fourth-order valence-corrected chi connectivity index (χ4v) is 2.73. The van der Waals surface area contributed by atoms with Crippen molar-refractivity contribution in [2.75, 3.05) is 5.32 Å². The summed E-state index contributed by atoms with van der Waals surface area (Å²) in [6.07, 6.45) is 5.28. The topological polar surface area (TPSA) is 88.5 Å².